The SMILES string of the molecule is COc1cc(/C=C/C(=O)NCCc2cn3ccccc3n2)ccc1OCC#N. The number of nitriles is 1. The van der Waals surface area contributed by atoms with Gasteiger partial charge in [-0.15, -0.1) is 0 Å². The molecule has 0 atom stereocenters. The molecule has 3 rings (SSSR count). The van der Waals surface area contributed by atoms with Crippen molar-refractivity contribution in [1.29, 1.82) is 5.26 Å². The van der Waals surface area contributed by atoms with Gasteiger partial charge in [-0.2, -0.15) is 5.26 Å². The van der Waals surface area contributed by atoms with Crippen LogP contribution in [0.4, 0.5) is 0 Å². The summed E-state index contributed by atoms with van der Waals surface area (Å²) < 4.78 is 12.5. The van der Waals surface area contributed by atoms with E-state index < -0.39 is 0 Å². The Morgan fingerprint density at radius 2 is 2.21 bits per heavy atom. The second kappa shape index (κ2) is 9.24. The molecule has 1 aromatic carbocycles. The van der Waals surface area contributed by atoms with Gasteiger partial charge in [0, 0.05) is 31.4 Å². The second-order valence-electron chi connectivity index (χ2n) is 5.93. The maximum absolute atomic E-state index is 12.0. The predicted molar refractivity (Wildman–Crippen MR) is 105 cm³/mol. The number of pyridine rings is 1. The maximum Gasteiger partial charge on any atom is 0.244 e. The molecule has 0 fully saturated rings. The van der Waals surface area contributed by atoms with Gasteiger partial charge < -0.3 is 19.2 Å². The number of benzene rings is 1. The lowest BCUT2D eigenvalue weighted by Crippen LogP contribution is -2.23. The average Bonchev–Trinajstić information content (AvgIpc) is 3.13. The highest BCUT2D eigenvalue weighted by atomic mass is 16.5. The quantitative estimate of drug-likeness (QED) is 0.611. The van der Waals surface area contributed by atoms with Crippen molar-refractivity contribution in [2.45, 2.75) is 6.42 Å². The van der Waals surface area contributed by atoms with Crippen LogP contribution in [0.2, 0.25) is 0 Å². The fourth-order valence-corrected chi connectivity index (χ4v) is 2.67. The normalized spacial score (nSPS) is 10.7. The summed E-state index contributed by atoms with van der Waals surface area (Å²) in [7, 11) is 1.52. The van der Waals surface area contributed by atoms with Crippen LogP contribution in [0.15, 0.2) is 54.9 Å². The Labute approximate surface area is 162 Å². The average molecular weight is 376 g/mol. The first kappa shape index (κ1) is 19.0. The molecular weight excluding hydrogens is 356 g/mol. The Kier molecular flexibility index (Phi) is 6.26. The van der Waals surface area contributed by atoms with E-state index in [4.69, 9.17) is 14.7 Å². The molecule has 28 heavy (non-hydrogen) atoms. The monoisotopic (exact) mass is 376 g/mol. The fourth-order valence-electron chi connectivity index (χ4n) is 2.67. The highest BCUT2D eigenvalue weighted by Crippen LogP contribution is 2.28. The van der Waals surface area contributed by atoms with Crippen LogP contribution < -0.4 is 14.8 Å². The molecule has 2 aromatic heterocycles. The first-order chi connectivity index (χ1) is 13.7. The molecule has 0 spiro atoms. The van der Waals surface area contributed by atoms with Gasteiger partial charge >= 0.3 is 0 Å². The lowest BCUT2D eigenvalue weighted by atomic mass is 10.2. The zero-order valence-electron chi connectivity index (χ0n) is 15.5. The number of rotatable bonds is 8. The molecule has 0 aliphatic carbocycles. The van der Waals surface area contributed by atoms with Crippen LogP contribution in [-0.2, 0) is 11.2 Å². The van der Waals surface area contributed by atoms with E-state index in [0.29, 0.717) is 24.5 Å². The van der Waals surface area contributed by atoms with Gasteiger partial charge in [0.25, 0.3) is 0 Å². The number of imidazole rings is 1. The molecule has 3 aromatic rings. The van der Waals surface area contributed by atoms with Gasteiger partial charge in [-0.1, -0.05) is 12.1 Å². The smallest absolute Gasteiger partial charge is 0.244 e. The number of fused-ring (bicyclic) bond motifs is 1. The summed E-state index contributed by atoms with van der Waals surface area (Å²) in [6.07, 6.45) is 7.71. The molecule has 0 unspecified atom stereocenters. The Hall–Kier alpha value is -3.79. The number of nitrogens with one attached hydrogen (secondary N) is 1. The third-order valence-corrected chi connectivity index (χ3v) is 4.00. The van der Waals surface area contributed by atoms with E-state index in [9.17, 15) is 4.79 Å². The number of nitrogens with zero attached hydrogens (tertiary/aromatic N) is 3. The van der Waals surface area contributed by atoms with E-state index in [0.717, 1.165) is 16.9 Å². The molecular formula is C21H20N4O3. The third-order valence-electron chi connectivity index (χ3n) is 4.00. The van der Waals surface area contributed by atoms with E-state index in [2.05, 4.69) is 10.3 Å². The molecule has 0 radical (unpaired) electrons. The van der Waals surface area contributed by atoms with Gasteiger partial charge in [0.05, 0.1) is 12.8 Å². The number of hydrogen-bond acceptors (Lipinski definition) is 5. The van der Waals surface area contributed by atoms with Crippen molar-refractivity contribution in [3.8, 4) is 17.6 Å². The van der Waals surface area contributed by atoms with Gasteiger partial charge in [0.15, 0.2) is 18.1 Å². The Morgan fingerprint density at radius 1 is 1.32 bits per heavy atom. The molecule has 142 valence electrons. The minimum Gasteiger partial charge on any atom is -0.493 e. The van der Waals surface area contributed by atoms with Crippen LogP contribution in [0.5, 0.6) is 11.5 Å². The van der Waals surface area contributed by atoms with Crippen LogP contribution in [0.1, 0.15) is 11.3 Å². The maximum atomic E-state index is 12.0. The standard InChI is InChI=1S/C21H20N4O3/c1-27-19-14-16(5-7-18(19)28-13-10-22)6-8-21(26)23-11-9-17-15-25-12-3-2-4-20(25)24-17/h2-8,12,14-15H,9,11,13H2,1H3,(H,23,26)/b8-6+. The first-order valence-corrected chi connectivity index (χ1v) is 8.76. The molecule has 0 aliphatic heterocycles. The minimum atomic E-state index is -0.187. The van der Waals surface area contributed by atoms with Gasteiger partial charge in [0.2, 0.25) is 5.91 Å². The summed E-state index contributed by atoms with van der Waals surface area (Å²) in [6, 6.07) is 13.0. The molecule has 7 heteroatoms. The van der Waals surface area contributed by atoms with Gasteiger partial charge in [-0.3, -0.25) is 4.79 Å². The van der Waals surface area contributed by atoms with E-state index in [1.54, 1.807) is 24.3 Å². The minimum absolute atomic E-state index is 0.0553. The largest absolute Gasteiger partial charge is 0.493 e. The van der Waals surface area contributed by atoms with E-state index in [1.165, 1.54) is 13.2 Å². The summed E-state index contributed by atoms with van der Waals surface area (Å²) in [5.41, 5.74) is 2.60. The zero-order chi connectivity index (χ0) is 19.8. The van der Waals surface area contributed by atoms with Gasteiger partial charge in [0.1, 0.15) is 11.7 Å². The zero-order valence-corrected chi connectivity index (χ0v) is 15.5. The number of aromatic nitrogens is 2. The number of methoxy groups -OCH3 is 1. The van der Waals surface area contributed by atoms with Crippen LogP contribution in [0.3, 0.4) is 0 Å². The Bertz CT molecular complexity index is 1000. The molecule has 0 saturated carbocycles. The first-order valence-electron chi connectivity index (χ1n) is 8.76. The van der Waals surface area contributed by atoms with Crippen molar-refractivity contribution in [2.75, 3.05) is 20.3 Å². The Morgan fingerprint density at radius 3 is 3.00 bits per heavy atom. The van der Waals surface area contributed by atoms with Crippen LogP contribution in [0, 0.1) is 11.3 Å². The van der Waals surface area contributed by atoms with Crippen molar-refractivity contribution >= 4 is 17.6 Å². The van der Waals surface area contributed by atoms with E-state index in [1.807, 2.05) is 41.1 Å². The van der Waals surface area contributed by atoms with Gasteiger partial charge in [-0.25, -0.2) is 4.98 Å². The van der Waals surface area contributed by atoms with Crippen LogP contribution >= 0.6 is 0 Å². The summed E-state index contributed by atoms with van der Waals surface area (Å²) >= 11 is 0. The number of amides is 1. The van der Waals surface area contributed by atoms with Crippen molar-refractivity contribution < 1.29 is 14.3 Å². The van der Waals surface area contributed by atoms with E-state index >= 15 is 0 Å². The number of carbonyl (C=O) groups excluding carboxylic acids is 1. The Balaban J connectivity index is 1.52. The fraction of sp³-hybridized carbons (Fsp3) is 0.190. The topological polar surface area (TPSA) is 88.7 Å². The third kappa shape index (κ3) is 4.89. The highest BCUT2D eigenvalue weighted by molar-refractivity contribution is 5.91. The predicted octanol–water partition coefficient (Wildman–Crippen LogP) is 2.62. The van der Waals surface area contributed by atoms with Crippen molar-refractivity contribution in [3.05, 3.63) is 66.1 Å². The number of hydrogen-bond donors (Lipinski definition) is 1. The van der Waals surface area contributed by atoms with Gasteiger partial charge in [-0.05, 0) is 35.9 Å². The lowest BCUT2D eigenvalue weighted by Gasteiger charge is -2.08. The molecule has 2 heterocycles. The number of carbonyl (C=O) groups is 1. The van der Waals surface area contributed by atoms with Crippen LogP contribution in [-0.4, -0.2) is 35.6 Å². The molecule has 0 bridgehead atoms. The molecule has 7 nitrogen and oxygen atoms in total. The van der Waals surface area contributed by atoms with Crippen molar-refractivity contribution in [3.63, 3.8) is 0 Å². The summed E-state index contributed by atoms with van der Waals surface area (Å²) in [6.45, 7) is 0.442. The van der Waals surface area contributed by atoms with E-state index in [-0.39, 0.29) is 12.5 Å². The van der Waals surface area contributed by atoms with Crippen LogP contribution in [0.25, 0.3) is 11.7 Å². The number of ether oxygens (including phenoxy) is 2. The molecule has 0 aliphatic rings. The second-order valence-corrected chi connectivity index (χ2v) is 5.93. The highest BCUT2D eigenvalue weighted by Gasteiger charge is 2.05. The van der Waals surface area contributed by atoms with Crippen molar-refractivity contribution in [2.24, 2.45) is 0 Å². The molecule has 1 N–H and O–H groups in total. The summed E-state index contributed by atoms with van der Waals surface area (Å²) in [5.74, 6) is 0.801. The molecule has 0 saturated heterocycles. The summed E-state index contributed by atoms with van der Waals surface area (Å²) in [5, 5.41) is 11.4. The van der Waals surface area contributed by atoms with Crippen molar-refractivity contribution in [1.82, 2.24) is 14.7 Å². The summed E-state index contributed by atoms with van der Waals surface area (Å²) in [4.78, 5) is 16.5. The lowest BCUT2D eigenvalue weighted by molar-refractivity contribution is -0.116. The molecule has 1 amide bonds.